The first-order valence-electron chi connectivity index (χ1n) is 8.72. The number of piperidine rings is 1. The Labute approximate surface area is 142 Å². The Morgan fingerprint density at radius 2 is 2.00 bits per heavy atom. The van der Waals surface area contributed by atoms with E-state index in [0.29, 0.717) is 19.0 Å². The molecule has 1 atom stereocenters. The summed E-state index contributed by atoms with van der Waals surface area (Å²) in [6, 6.07) is 3.99. The van der Waals surface area contributed by atoms with Crippen LogP contribution in [0.1, 0.15) is 23.2 Å². The van der Waals surface area contributed by atoms with Crippen molar-refractivity contribution in [2.24, 2.45) is 5.92 Å². The molecular weight excluding hydrogens is 309 g/mol. The van der Waals surface area contributed by atoms with E-state index in [4.69, 9.17) is 0 Å². The second-order valence-corrected chi connectivity index (χ2v) is 7.00. The maximum atomic E-state index is 13.9. The van der Waals surface area contributed by atoms with Crippen molar-refractivity contribution in [1.82, 2.24) is 14.7 Å². The number of piperazine rings is 1. The standard InChI is InChI=1S/C18H26FN3O2/c1-20-8-10-21(11-9-20)12-14-4-3-7-22(13-14)18(24)17-15(19)5-2-6-16(17)23/h2,5-6,14,23H,3-4,7-13H2,1H3/t14-/m1/s1. The third kappa shape index (κ3) is 3.87. The van der Waals surface area contributed by atoms with Crippen molar-refractivity contribution in [3.63, 3.8) is 0 Å². The van der Waals surface area contributed by atoms with Crippen LogP contribution in [0.15, 0.2) is 18.2 Å². The number of carbonyl (C=O) groups is 1. The number of amides is 1. The van der Waals surface area contributed by atoms with E-state index >= 15 is 0 Å². The van der Waals surface area contributed by atoms with Crippen LogP contribution in [-0.2, 0) is 0 Å². The highest BCUT2D eigenvalue weighted by atomic mass is 19.1. The van der Waals surface area contributed by atoms with E-state index in [-0.39, 0.29) is 11.3 Å². The molecule has 2 aliphatic rings. The zero-order valence-corrected chi connectivity index (χ0v) is 14.2. The lowest BCUT2D eigenvalue weighted by Crippen LogP contribution is -2.49. The summed E-state index contributed by atoms with van der Waals surface area (Å²) in [4.78, 5) is 19.1. The maximum Gasteiger partial charge on any atom is 0.260 e. The van der Waals surface area contributed by atoms with E-state index in [9.17, 15) is 14.3 Å². The molecule has 2 aliphatic heterocycles. The number of likely N-dealkylation sites (N-methyl/N-ethyl adjacent to an activating group) is 1. The van der Waals surface area contributed by atoms with E-state index in [1.54, 1.807) is 4.90 Å². The number of nitrogens with zero attached hydrogens (tertiary/aromatic N) is 3. The molecule has 2 fully saturated rings. The number of rotatable bonds is 3. The van der Waals surface area contributed by atoms with Crippen LogP contribution >= 0.6 is 0 Å². The van der Waals surface area contributed by atoms with E-state index in [1.165, 1.54) is 18.2 Å². The van der Waals surface area contributed by atoms with Gasteiger partial charge in [-0.2, -0.15) is 0 Å². The van der Waals surface area contributed by atoms with Crippen molar-refractivity contribution < 1.29 is 14.3 Å². The maximum absolute atomic E-state index is 13.9. The number of hydrogen-bond donors (Lipinski definition) is 1. The van der Waals surface area contributed by atoms with E-state index < -0.39 is 11.7 Å². The van der Waals surface area contributed by atoms with Gasteiger partial charge in [0.25, 0.3) is 5.91 Å². The van der Waals surface area contributed by atoms with Crippen LogP contribution in [-0.4, -0.2) is 78.6 Å². The second-order valence-electron chi connectivity index (χ2n) is 7.00. The zero-order chi connectivity index (χ0) is 17.1. The summed E-state index contributed by atoms with van der Waals surface area (Å²) < 4.78 is 13.9. The summed E-state index contributed by atoms with van der Waals surface area (Å²) in [6.07, 6.45) is 2.03. The number of halogens is 1. The normalized spacial score (nSPS) is 23.4. The lowest BCUT2D eigenvalue weighted by Gasteiger charge is -2.38. The summed E-state index contributed by atoms with van der Waals surface area (Å²) in [5.74, 6) is -0.906. The molecule has 3 rings (SSSR count). The van der Waals surface area contributed by atoms with Gasteiger partial charge in [-0.1, -0.05) is 6.07 Å². The Morgan fingerprint density at radius 1 is 1.25 bits per heavy atom. The third-order valence-electron chi connectivity index (χ3n) is 5.12. The fraction of sp³-hybridized carbons (Fsp3) is 0.611. The summed E-state index contributed by atoms with van der Waals surface area (Å²) in [5.41, 5.74) is -0.197. The molecule has 1 aromatic carbocycles. The minimum Gasteiger partial charge on any atom is -0.507 e. The molecule has 5 nitrogen and oxygen atoms in total. The molecule has 24 heavy (non-hydrogen) atoms. The minimum atomic E-state index is -0.652. The number of hydrogen-bond acceptors (Lipinski definition) is 4. The van der Waals surface area contributed by atoms with E-state index in [1.807, 2.05) is 0 Å². The number of likely N-dealkylation sites (tertiary alicyclic amines) is 1. The Hall–Kier alpha value is -1.66. The smallest absolute Gasteiger partial charge is 0.260 e. The molecular formula is C18H26FN3O2. The van der Waals surface area contributed by atoms with Gasteiger partial charge < -0.3 is 19.8 Å². The Bertz CT molecular complexity index is 567. The summed E-state index contributed by atoms with van der Waals surface area (Å²) >= 11 is 0. The van der Waals surface area contributed by atoms with Crippen molar-refractivity contribution in [2.75, 3.05) is 52.9 Å². The fourth-order valence-corrected chi connectivity index (χ4v) is 3.68. The quantitative estimate of drug-likeness (QED) is 0.912. The van der Waals surface area contributed by atoms with Crippen LogP contribution in [0.3, 0.4) is 0 Å². The van der Waals surface area contributed by atoms with Crippen LogP contribution in [0.25, 0.3) is 0 Å². The second kappa shape index (κ2) is 7.49. The monoisotopic (exact) mass is 335 g/mol. The molecule has 2 saturated heterocycles. The zero-order valence-electron chi connectivity index (χ0n) is 14.2. The molecule has 1 amide bonds. The predicted molar refractivity (Wildman–Crippen MR) is 90.6 cm³/mol. The van der Waals surface area contributed by atoms with Gasteiger partial charge in [0, 0.05) is 45.8 Å². The lowest BCUT2D eigenvalue weighted by molar-refractivity contribution is 0.0602. The van der Waals surface area contributed by atoms with Gasteiger partial charge in [-0.05, 0) is 37.9 Å². The first-order valence-corrected chi connectivity index (χ1v) is 8.72. The highest BCUT2D eigenvalue weighted by molar-refractivity contribution is 5.97. The predicted octanol–water partition coefficient (Wildman–Crippen LogP) is 1.63. The number of aromatic hydroxyl groups is 1. The number of phenolic OH excluding ortho intramolecular Hbond substituents is 1. The van der Waals surface area contributed by atoms with Crippen molar-refractivity contribution in [2.45, 2.75) is 12.8 Å². The summed E-state index contributed by atoms with van der Waals surface area (Å²) in [5, 5.41) is 9.84. The average molecular weight is 335 g/mol. The molecule has 2 heterocycles. The number of carbonyl (C=O) groups excluding carboxylic acids is 1. The largest absolute Gasteiger partial charge is 0.507 e. The van der Waals surface area contributed by atoms with Gasteiger partial charge >= 0.3 is 0 Å². The van der Waals surface area contributed by atoms with Crippen molar-refractivity contribution in [3.8, 4) is 5.75 Å². The van der Waals surface area contributed by atoms with Gasteiger partial charge in [0.05, 0.1) is 0 Å². The molecule has 0 saturated carbocycles. The van der Waals surface area contributed by atoms with E-state index in [2.05, 4.69) is 16.8 Å². The first kappa shape index (κ1) is 17.2. The Balaban J connectivity index is 1.62. The highest BCUT2D eigenvalue weighted by Gasteiger charge is 2.29. The highest BCUT2D eigenvalue weighted by Crippen LogP contribution is 2.25. The first-order chi connectivity index (χ1) is 11.5. The van der Waals surface area contributed by atoms with Gasteiger partial charge in [-0.15, -0.1) is 0 Å². The van der Waals surface area contributed by atoms with Crippen molar-refractivity contribution in [1.29, 1.82) is 0 Å². The molecule has 132 valence electrons. The number of benzene rings is 1. The molecule has 1 aromatic rings. The Morgan fingerprint density at radius 3 is 2.71 bits per heavy atom. The summed E-state index contributed by atoms with van der Waals surface area (Å²) in [7, 11) is 2.14. The van der Waals surface area contributed by atoms with Crippen LogP contribution in [0.5, 0.6) is 5.75 Å². The fourth-order valence-electron chi connectivity index (χ4n) is 3.68. The van der Waals surface area contributed by atoms with Crippen molar-refractivity contribution >= 4 is 5.91 Å². The van der Waals surface area contributed by atoms with Gasteiger partial charge in [0.15, 0.2) is 0 Å². The lowest BCUT2D eigenvalue weighted by atomic mass is 9.96. The van der Waals surface area contributed by atoms with Gasteiger partial charge in [0.2, 0.25) is 0 Å². The van der Waals surface area contributed by atoms with E-state index in [0.717, 1.165) is 45.6 Å². The molecule has 0 bridgehead atoms. The van der Waals surface area contributed by atoms with Gasteiger partial charge in [-0.25, -0.2) is 4.39 Å². The molecule has 0 spiro atoms. The van der Waals surface area contributed by atoms with Crippen molar-refractivity contribution in [3.05, 3.63) is 29.6 Å². The molecule has 6 heteroatoms. The topological polar surface area (TPSA) is 47.0 Å². The molecule has 0 radical (unpaired) electrons. The molecule has 0 aliphatic carbocycles. The average Bonchev–Trinajstić information content (AvgIpc) is 2.57. The third-order valence-corrected chi connectivity index (χ3v) is 5.12. The van der Waals surface area contributed by atoms with Crippen LogP contribution in [0.4, 0.5) is 4.39 Å². The summed E-state index contributed by atoms with van der Waals surface area (Å²) in [6.45, 7) is 6.55. The Kier molecular flexibility index (Phi) is 5.36. The molecule has 1 N–H and O–H groups in total. The number of phenols is 1. The minimum absolute atomic E-state index is 0.197. The van der Waals surface area contributed by atoms with Gasteiger partial charge in [0.1, 0.15) is 17.1 Å². The SMILES string of the molecule is CN1CCN(C[C@H]2CCCN(C(=O)c3c(O)cccc3F)C2)CC1. The molecule has 0 aromatic heterocycles. The van der Waals surface area contributed by atoms with Crippen LogP contribution < -0.4 is 0 Å². The van der Waals surface area contributed by atoms with Crippen LogP contribution in [0, 0.1) is 11.7 Å². The van der Waals surface area contributed by atoms with Gasteiger partial charge in [-0.3, -0.25) is 4.79 Å². The molecule has 0 unspecified atom stereocenters. The van der Waals surface area contributed by atoms with Crippen LogP contribution in [0.2, 0.25) is 0 Å².